The van der Waals surface area contributed by atoms with Gasteiger partial charge in [-0.05, 0) is 18.2 Å². The van der Waals surface area contributed by atoms with Crippen molar-refractivity contribution in [3.63, 3.8) is 0 Å². The first-order chi connectivity index (χ1) is 8.90. The molecule has 0 aliphatic carbocycles. The Labute approximate surface area is 117 Å². The molecule has 1 aromatic rings. The van der Waals surface area contributed by atoms with Gasteiger partial charge < -0.3 is 16.4 Å². The van der Waals surface area contributed by atoms with E-state index in [1.54, 1.807) is 6.07 Å². The predicted octanol–water partition coefficient (Wildman–Crippen LogP) is 1.77. The molecular weight excluding hydrogens is 266 g/mol. The first kappa shape index (κ1) is 15.5. The van der Waals surface area contributed by atoms with Crippen molar-refractivity contribution in [3.05, 3.63) is 28.8 Å². The zero-order valence-corrected chi connectivity index (χ0v) is 11.8. The number of benzene rings is 1. The molecule has 19 heavy (non-hydrogen) atoms. The maximum atomic E-state index is 11.7. The Morgan fingerprint density at radius 2 is 2.05 bits per heavy atom. The summed E-state index contributed by atoms with van der Waals surface area (Å²) < 4.78 is 0. The van der Waals surface area contributed by atoms with Gasteiger partial charge in [0.25, 0.3) is 0 Å². The van der Waals surface area contributed by atoms with Gasteiger partial charge in [0.2, 0.25) is 11.8 Å². The first-order valence-electron chi connectivity index (χ1n) is 6.02. The van der Waals surface area contributed by atoms with E-state index in [9.17, 15) is 9.59 Å². The lowest BCUT2D eigenvalue weighted by atomic mass is 10.2. The van der Waals surface area contributed by atoms with Crippen molar-refractivity contribution in [2.24, 2.45) is 5.73 Å². The molecule has 0 heterocycles. The third-order valence-electron chi connectivity index (χ3n) is 2.42. The number of carbonyl (C=O) groups excluding carboxylic acids is 2. The van der Waals surface area contributed by atoms with Crippen LogP contribution in [0.2, 0.25) is 5.02 Å². The summed E-state index contributed by atoms with van der Waals surface area (Å²) in [5.74, 6) is -0.756. The number of nitrogens with one attached hydrogen (secondary N) is 2. The van der Waals surface area contributed by atoms with Gasteiger partial charge in [-0.1, -0.05) is 25.4 Å². The molecule has 2 amide bonds. The molecule has 0 radical (unpaired) electrons. The molecule has 0 spiro atoms. The topological polar surface area (TPSA) is 84.2 Å². The summed E-state index contributed by atoms with van der Waals surface area (Å²) in [6.45, 7) is 4.62. The number of rotatable bonds is 6. The lowest BCUT2D eigenvalue weighted by Gasteiger charge is -2.09. The molecular formula is C13H18ClN3O2. The maximum absolute atomic E-state index is 11.7. The van der Waals surface area contributed by atoms with E-state index in [4.69, 9.17) is 17.3 Å². The molecule has 0 unspecified atom stereocenters. The number of carbonyl (C=O) groups is 2. The van der Waals surface area contributed by atoms with Crippen molar-refractivity contribution in [2.45, 2.75) is 26.3 Å². The van der Waals surface area contributed by atoms with Crippen molar-refractivity contribution in [1.82, 2.24) is 5.32 Å². The van der Waals surface area contributed by atoms with Gasteiger partial charge in [0.05, 0.1) is 10.6 Å². The standard InChI is InChI=1S/C13H18ClN3O2/c1-8(2)16-6-5-12(18)17-9-3-4-11(14)10(7-9)13(15)19/h3-4,7-8,16H,5-6H2,1-2H3,(H2,15,19)(H,17,18). The van der Waals surface area contributed by atoms with Crippen LogP contribution in [0.25, 0.3) is 0 Å². The summed E-state index contributed by atoms with van der Waals surface area (Å²) in [6.07, 6.45) is 0.354. The van der Waals surface area contributed by atoms with E-state index in [0.29, 0.717) is 24.7 Å². The molecule has 104 valence electrons. The molecule has 0 atom stereocenters. The SMILES string of the molecule is CC(C)NCCC(=O)Nc1ccc(Cl)c(C(N)=O)c1. The van der Waals surface area contributed by atoms with Crippen LogP contribution >= 0.6 is 11.6 Å². The van der Waals surface area contributed by atoms with Crippen LogP contribution in [0.3, 0.4) is 0 Å². The van der Waals surface area contributed by atoms with Gasteiger partial charge in [-0.15, -0.1) is 0 Å². The molecule has 1 rings (SSSR count). The summed E-state index contributed by atoms with van der Waals surface area (Å²) in [6, 6.07) is 4.97. The lowest BCUT2D eigenvalue weighted by Crippen LogP contribution is -2.27. The highest BCUT2D eigenvalue weighted by atomic mass is 35.5. The van der Waals surface area contributed by atoms with Gasteiger partial charge in [-0.3, -0.25) is 9.59 Å². The van der Waals surface area contributed by atoms with E-state index in [0.717, 1.165) is 0 Å². The second-order valence-corrected chi connectivity index (χ2v) is 4.87. The van der Waals surface area contributed by atoms with Crippen LogP contribution in [0.1, 0.15) is 30.6 Å². The van der Waals surface area contributed by atoms with Crippen LogP contribution in [0.5, 0.6) is 0 Å². The summed E-state index contributed by atoms with van der Waals surface area (Å²) in [5.41, 5.74) is 5.88. The van der Waals surface area contributed by atoms with E-state index in [1.807, 2.05) is 13.8 Å². The average molecular weight is 284 g/mol. The summed E-state index contributed by atoms with van der Waals surface area (Å²) in [5, 5.41) is 6.11. The molecule has 0 aliphatic rings. The normalized spacial score (nSPS) is 10.5. The highest BCUT2D eigenvalue weighted by molar-refractivity contribution is 6.33. The van der Waals surface area contributed by atoms with Crippen LogP contribution in [0.15, 0.2) is 18.2 Å². The molecule has 0 aliphatic heterocycles. The zero-order chi connectivity index (χ0) is 14.4. The minimum atomic E-state index is -0.623. The number of hydrogen-bond donors (Lipinski definition) is 3. The molecule has 0 fully saturated rings. The highest BCUT2D eigenvalue weighted by Gasteiger charge is 2.09. The Balaban J connectivity index is 2.60. The fraction of sp³-hybridized carbons (Fsp3) is 0.385. The number of halogens is 1. The van der Waals surface area contributed by atoms with Gasteiger partial charge in [-0.2, -0.15) is 0 Å². The third kappa shape index (κ3) is 5.28. The van der Waals surface area contributed by atoms with Crippen molar-refractivity contribution >= 4 is 29.1 Å². The van der Waals surface area contributed by atoms with Crippen LogP contribution in [-0.4, -0.2) is 24.4 Å². The molecule has 1 aromatic carbocycles. The third-order valence-corrected chi connectivity index (χ3v) is 2.75. The van der Waals surface area contributed by atoms with E-state index in [2.05, 4.69) is 10.6 Å². The van der Waals surface area contributed by atoms with E-state index < -0.39 is 5.91 Å². The number of amides is 2. The summed E-state index contributed by atoms with van der Waals surface area (Å²) >= 11 is 5.82. The van der Waals surface area contributed by atoms with Crippen LogP contribution in [0, 0.1) is 0 Å². The van der Waals surface area contributed by atoms with Gasteiger partial charge in [-0.25, -0.2) is 0 Å². The van der Waals surface area contributed by atoms with Crippen LogP contribution in [-0.2, 0) is 4.79 Å². The molecule has 0 saturated heterocycles. The van der Waals surface area contributed by atoms with E-state index in [1.165, 1.54) is 12.1 Å². The number of hydrogen-bond acceptors (Lipinski definition) is 3. The second kappa shape index (κ2) is 7.11. The monoisotopic (exact) mass is 283 g/mol. The fourth-order valence-electron chi connectivity index (χ4n) is 1.49. The second-order valence-electron chi connectivity index (χ2n) is 4.47. The van der Waals surface area contributed by atoms with Crippen molar-refractivity contribution in [2.75, 3.05) is 11.9 Å². The van der Waals surface area contributed by atoms with Crippen LogP contribution in [0.4, 0.5) is 5.69 Å². The summed E-state index contributed by atoms with van der Waals surface area (Å²) in [7, 11) is 0. The van der Waals surface area contributed by atoms with Gasteiger partial charge >= 0.3 is 0 Å². The maximum Gasteiger partial charge on any atom is 0.250 e. The Bertz CT molecular complexity index is 475. The Morgan fingerprint density at radius 3 is 2.63 bits per heavy atom. The van der Waals surface area contributed by atoms with Gasteiger partial charge in [0, 0.05) is 24.7 Å². The lowest BCUT2D eigenvalue weighted by molar-refractivity contribution is -0.116. The predicted molar refractivity (Wildman–Crippen MR) is 76.4 cm³/mol. The van der Waals surface area contributed by atoms with Gasteiger partial charge in [0.15, 0.2) is 0 Å². The first-order valence-corrected chi connectivity index (χ1v) is 6.40. The number of primary amides is 1. The Morgan fingerprint density at radius 1 is 1.37 bits per heavy atom. The zero-order valence-electron chi connectivity index (χ0n) is 11.0. The largest absolute Gasteiger partial charge is 0.366 e. The van der Waals surface area contributed by atoms with Crippen molar-refractivity contribution in [1.29, 1.82) is 0 Å². The average Bonchev–Trinajstić information content (AvgIpc) is 2.30. The van der Waals surface area contributed by atoms with E-state index in [-0.39, 0.29) is 16.5 Å². The minimum absolute atomic E-state index is 0.133. The smallest absolute Gasteiger partial charge is 0.250 e. The van der Waals surface area contributed by atoms with E-state index >= 15 is 0 Å². The molecule has 5 nitrogen and oxygen atoms in total. The minimum Gasteiger partial charge on any atom is -0.366 e. The van der Waals surface area contributed by atoms with Gasteiger partial charge in [0.1, 0.15) is 0 Å². The molecule has 4 N–H and O–H groups in total. The Hall–Kier alpha value is -1.59. The molecule has 0 aromatic heterocycles. The Kier molecular flexibility index (Phi) is 5.79. The molecule has 0 bridgehead atoms. The summed E-state index contributed by atoms with van der Waals surface area (Å²) in [4.78, 5) is 22.8. The highest BCUT2D eigenvalue weighted by Crippen LogP contribution is 2.20. The molecule has 0 saturated carbocycles. The molecule has 6 heteroatoms. The van der Waals surface area contributed by atoms with Crippen molar-refractivity contribution in [3.8, 4) is 0 Å². The number of anilines is 1. The quantitative estimate of drug-likeness (QED) is 0.744. The van der Waals surface area contributed by atoms with Crippen molar-refractivity contribution < 1.29 is 9.59 Å². The fourth-order valence-corrected chi connectivity index (χ4v) is 1.70. The number of nitrogens with two attached hydrogens (primary N) is 1. The van der Waals surface area contributed by atoms with Crippen LogP contribution < -0.4 is 16.4 Å².